The Hall–Kier alpha value is -2.22. The highest BCUT2D eigenvalue weighted by Crippen LogP contribution is 2.22. The molecule has 0 radical (unpaired) electrons. The zero-order valence-corrected chi connectivity index (χ0v) is 10.5. The van der Waals surface area contributed by atoms with Gasteiger partial charge in [-0.05, 0) is 29.8 Å². The third kappa shape index (κ3) is 2.92. The lowest BCUT2D eigenvalue weighted by atomic mass is 10.1. The molecule has 0 fully saturated rings. The first-order valence-corrected chi connectivity index (χ1v) is 5.91. The maximum atomic E-state index is 5.15. The van der Waals surface area contributed by atoms with Gasteiger partial charge in [-0.1, -0.05) is 36.4 Å². The fraction of sp³-hybridized carbons (Fsp3) is 0.125. The molecule has 1 atom stereocenters. The second kappa shape index (κ2) is 5.92. The summed E-state index contributed by atoms with van der Waals surface area (Å²) >= 11 is 0. The van der Waals surface area contributed by atoms with Crippen LogP contribution in [0.2, 0.25) is 0 Å². The molecule has 2 aromatic rings. The van der Waals surface area contributed by atoms with Crippen molar-refractivity contribution in [1.29, 1.82) is 0 Å². The number of benzene rings is 2. The van der Waals surface area contributed by atoms with Gasteiger partial charge in [-0.2, -0.15) is 0 Å². The first-order chi connectivity index (χ1) is 8.83. The monoisotopic (exact) mass is 239 g/mol. The summed E-state index contributed by atoms with van der Waals surface area (Å²) in [6, 6.07) is 18.2. The molecule has 2 aromatic carbocycles. The summed E-state index contributed by atoms with van der Waals surface area (Å²) in [6.07, 6.45) is 1.90. The molecular weight excluding hydrogens is 222 g/mol. The summed E-state index contributed by atoms with van der Waals surface area (Å²) in [6.45, 7) is 3.88. The Kier molecular flexibility index (Phi) is 4.02. The number of ether oxygens (including phenoxy) is 1. The third-order valence-electron chi connectivity index (χ3n) is 2.81. The van der Waals surface area contributed by atoms with E-state index in [1.54, 1.807) is 7.11 Å². The van der Waals surface area contributed by atoms with Crippen LogP contribution in [0, 0.1) is 0 Å². The lowest BCUT2D eigenvalue weighted by Gasteiger charge is -2.16. The molecule has 2 heteroatoms. The van der Waals surface area contributed by atoms with E-state index in [0.717, 1.165) is 17.0 Å². The van der Waals surface area contributed by atoms with Gasteiger partial charge in [0.25, 0.3) is 0 Å². The summed E-state index contributed by atoms with van der Waals surface area (Å²) in [5, 5.41) is 3.42. The fourth-order valence-corrected chi connectivity index (χ4v) is 1.80. The van der Waals surface area contributed by atoms with E-state index < -0.39 is 0 Å². The number of para-hydroxylation sites is 1. The molecule has 0 aliphatic rings. The van der Waals surface area contributed by atoms with Gasteiger partial charge in [0.2, 0.25) is 0 Å². The Morgan fingerprint density at radius 3 is 2.28 bits per heavy atom. The van der Waals surface area contributed by atoms with Gasteiger partial charge in [-0.3, -0.25) is 0 Å². The van der Waals surface area contributed by atoms with E-state index in [4.69, 9.17) is 4.74 Å². The standard InChI is InChI=1S/C16H17NO/c1-3-16(17-14-7-5-4-6-8-14)13-9-11-15(18-2)12-10-13/h3-12,16-17H,1H2,2H3. The number of hydrogen-bond donors (Lipinski definition) is 1. The topological polar surface area (TPSA) is 21.3 Å². The smallest absolute Gasteiger partial charge is 0.118 e. The Morgan fingerprint density at radius 1 is 1.06 bits per heavy atom. The molecule has 1 unspecified atom stereocenters. The number of hydrogen-bond acceptors (Lipinski definition) is 2. The van der Waals surface area contributed by atoms with Crippen molar-refractivity contribution in [2.45, 2.75) is 6.04 Å². The van der Waals surface area contributed by atoms with Crippen molar-refractivity contribution in [3.05, 3.63) is 72.8 Å². The minimum Gasteiger partial charge on any atom is -0.497 e. The van der Waals surface area contributed by atoms with Crippen molar-refractivity contribution in [3.63, 3.8) is 0 Å². The van der Waals surface area contributed by atoms with E-state index in [0.29, 0.717) is 0 Å². The molecule has 92 valence electrons. The maximum absolute atomic E-state index is 5.15. The van der Waals surface area contributed by atoms with Gasteiger partial charge in [-0.25, -0.2) is 0 Å². The predicted octanol–water partition coefficient (Wildman–Crippen LogP) is 4.03. The van der Waals surface area contributed by atoms with E-state index in [1.165, 1.54) is 0 Å². The van der Waals surface area contributed by atoms with Crippen molar-refractivity contribution in [2.75, 3.05) is 12.4 Å². The van der Waals surface area contributed by atoms with Gasteiger partial charge in [0, 0.05) is 5.69 Å². The number of anilines is 1. The third-order valence-corrected chi connectivity index (χ3v) is 2.81. The van der Waals surface area contributed by atoms with Gasteiger partial charge >= 0.3 is 0 Å². The first kappa shape index (κ1) is 12.2. The van der Waals surface area contributed by atoms with E-state index in [1.807, 2.05) is 60.7 Å². The number of rotatable bonds is 5. The summed E-state index contributed by atoms with van der Waals surface area (Å²) < 4.78 is 5.15. The minimum absolute atomic E-state index is 0.0957. The van der Waals surface area contributed by atoms with E-state index in [2.05, 4.69) is 11.9 Å². The highest BCUT2D eigenvalue weighted by Gasteiger charge is 2.06. The van der Waals surface area contributed by atoms with Crippen LogP contribution in [0.4, 0.5) is 5.69 Å². The van der Waals surface area contributed by atoms with Crippen LogP contribution in [-0.4, -0.2) is 7.11 Å². The largest absolute Gasteiger partial charge is 0.497 e. The average Bonchev–Trinajstić information content (AvgIpc) is 2.46. The van der Waals surface area contributed by atoms with Gasteiger partial charge in [-0.15, -0.1) is 6.58 Å². The minimum atomic E-state index is 0.0957. The van der Waals surface area contributed by atoms with Crippen LogP contribution < -0.4 is 10.1 Å². The molecule has 0 saturated carbocycles. The van der Waals surface area contributed by atoms with E-state index in [-0.39, 0.29) is 6.04 Å². The molecular formula is C16H17NO. The number of methoxy groups -OCH3 is 1. The van der Waals surface area contributed by atoms with Crippen molar-refractivity contribution in [3.8, 4) is 5.75 Å². The molecule has 0 bridgehead atoms. The van der Waals surface area contributed by atoms with Crippen LogP contribution in [0.3, 0.4) is 0 Å². The fourth-order valence-electron chi connectivity index (χ4n) is 1.80. The van der Waals surface area contributed by atoms with Gasteiger partial charge in [0.05, 0.1) is 13.2 Å². The maximum Gasteiger partial charge on any atom is 0.118 e. The van der Waals surface area contributed by atoms with Gasteiger partial charge < -0.3 is 10.1 Å². The first-order valence-electron chi connectivity index (χ1n) is 5.91. The Bertz CT molecular complexity index is 490. The van der Waals surface area contributed by atoms with Crippen LogP contribution in [0.25, 0.3) is 0 Å². The highest BCUT2D eigenvalue weighted by molar-refractivity contribution is 5.47. The predicted molar refractivity (Wildman–Crippen MR) is 76.0 cm³/mol. The second-order valence-corrected chi connectivity index (χ2v) is 4.00. The Morgan fingerprint density at radius 2 is 1.72 bits per heavy atom. The van der Waals surface area contributed by atoms with Gasteiger partial charge in [0.1, 0.15) is 5.75 Å². The van der Waals surface area contributed by atoms with E-state index >= 15 is 0 Å². The molecule has 0 aliphatic heterocycles. The Labute approximate surface area is 108 Å². The molecule has 0 aliphatic carbocycles. The Balaban J connectivity index is 2.15. The lowest BCUT2D eigenvalue weighted by Crippen LogP contribution is -2.07. The summed E-state index contributed by atoms with van der Waals surface area (Å²) in [5.41, 5.74) is 2.24. The molecule has 0 aromatic heterocycles. The molecule has 2 rings (SSSR count). The quantitative estimate of drug-likeness (QED) is 0.795. The average molecular weight is 239 g/mol. The van der Waals surface area contributed by atoms with Crippen LogP contribution in [0.15, 0.2) is 67.3 Å². The molecule has 1 N–H and O–H groups in total. The van der Waals surface area contributed by atoms with Crippen molar-refractivity contribution >= 4 is 5.69 Å². The normalized spacial score (nSPS) is 11.6. The van der Waals surface area contributed by atoms with Crippen LogP contribution >= 0.6 is 0 Å². The second-order valence-electron chi connectivity index (χ2n) is 4.00. The van der Waals surface area contributed by atoms with Crippen molar-refractivity contribution in [1.82, 2.24) is 0 Å². The summed E-state index contributed by atoms with van der Waals surface area (Å²) in [4.78, 5) is 0. The molecule has 0 spiro atoms. The molecule has 0 heterocycles. The lowest BCUT2D eigenvalue weighted by molar-refractivity contribution is 0.414. The van der Waals surface area contributed by atoms with Crippen LogP contribution in [0.1, 0.15) is 11.6 Å². The molecule has 2 nitrogen and oxygen atoms in total. The van der Waals surface area contributed by atoms with Crippen LogP contribution in [-0.2, 0) is 0 Å². The zero-order chi connectivity index (χ0) is 12.8. The van der Waals surface area contributed by atoms with Crippen LogP contribution in [0.5, 0.6) is 5.75 Å². The van der Waals surface area contributed by atoms with Crippen molar-refractivity contribution in [2.24, 2.45) is 0 Å². The van der Waals surface area contributed by atoms with Crippen molar-refractivity contribution < 1.29 is 4.74 Å². The number of nitrogens with one attached hydrogen (secondary N) is 1. The summed E-state index contributed by atoms with van der Waals surface area (Å²) in [7, 11) is 1.67. The molecule has 18 heavy (non-hydrogen) atoms. The van der Waals surface area contributed by atoms with Gasteiger partial charge in [0.15, 0.2) is 0 Å². The highest BCUT2D eigenvalue weighted by atomic mass is 16.5. The zero-order valence-electron chi connectivity index (χ0n) is 10.5. The SMILES string of the molecule is C=CC(Nc1ccccc1)c1ccc(OC)cc1. The molecule has 0 amide bonds. The van der Waals surface area contributed by atoms with E-state index in [9.17, 15) is 0 Å². The molecule has 0 saturated heterocycles. The summed E-state index contributed by atoms with van der Waals surface area (Å²) in [5.74, 6) is 0.862.